The molecular formula is C14H25NO4. The van der Waals surface area contributed by atoms with Crippen LogP contribution in [0.15, 0.2) is 0 Å². The predicted molar refractivity (Wildman–Crippen MR) is 71.8 cm³/mol. The van der Waals surface area contributed by atoms with Crippen LogP contribution in [0.1, 0.15) is 46.5 Å². The fraction of sp³-hybridized carbons (Fsp3) is 0.857. The van der Waals surface area contributed by atoms with Gasteiger partial charge in [-0.05, 0) is 32.1 Å². The lowest BCUT2D eigenvalue weighted by atomic mass is 9.76. The summed E-state index contributed by atoms with van der Waals surface area (Å²) in [7, 11) is 1.68. The van der Waals surface area contributed by atoms with Crippen LogP contribution in [0.4, 0.5) is 0 Å². The van der Waals surface area contributed by atoms with Crippen LogP contribution in [0.25, 0.3) is 0 Å². The minimum Gasteiger partial charge on any atom is -0.481 e. The van der Waals surface area contributed by atoms with Gasteiger partial charge < -0.3 is 15.2 Å². The first-order valence-electron chi connectivity index (χ1n) is 6.85. The zero-order valence-corrected chi connectivity index (χ0v) is 12.2. The molecule has 3 atom stereocenters. The number of carbonyl (C=O) groups excluding carboxylic acids is 1. The molecule has 110 valence electrons. The number of methoxy groups -OCH3 is 1. The summed E-state index contributed by atoms with van der Waals surface area (Å²) in [6, 6.07) is 0.114. The van der Waals surface area contributed by atoms with E-state index in [0.717, 1.165) is 19.3 Å². The van der Waals surface area contributed by atoms with Crippen molar-refractivity contribution in [3.63, 3.8) is 0 Å². The fourth-order valence-corrected chi connectivity index (χ4v) is 2.42. The number of carbonyl (C=O) groups is 2. The second kappa shape index (κ2) is 6.37. The molecule has 1 amide bonds. The summed E-state index contributed by atoms with van der Waals surface area (Å²) in [4.78, 5) is 23.3. The number of aliphatic carboxylic acids is 1. The van der Waals surface area contributed by atoms with Crippen molar-refractivity contribution in [2.45, 2.75) is 58.6 Å². The molecule has 5 heteroatoms. The topological polar surface area (TPSA) is 75.6 Å². The van der Waals surface area contributed by atoms with E-state index in [1.165, 1.54) is 0 Å². The first kappa shape index (κ1) is 16.0. The second-order valence-electron chi connectivity index (χ2n) is 5.99. The monoisotopic (exact) mass is 271 g/mol. The van der Waals surface area contributed by atoms with Crippen molar-refractivity contribution in [2.24, 2.45) is 11.3 Å². The summed E-state index contributed by atoms with van der Waals surface area (Å²) in [5.41, 5.74) is -1.01. The summed E-state index contributed by atoms with van der Waals surface area (Å²) in [5.74, 6) is -1.19. The average Bonchev–Trinajstić information content (AvgIpc) is 2.75. The molecule has 0 aromatic carbocycles. The molecule has 0 heterocycles. The fourth-order valence-electron chi connectivity index (χ4n) is 2.42. The van der Waals surface area contributed by atoms with Gasteiger partial charge in [0.1, 0.15) is 0 Å². The van der Waals surface area contributed by atoms with E-state index in [-0.39, 0.29) is 30.4 Å². The molecule has 1 aliphatic carbocycles. The Kier molecular flexibility index (Phi) is 5.35. The quantitative estimate of drug-likeness (QED) is 0.772. The summed E-state index contributed by atoms with van der Waals surface area (Å²) in [6.07, 6.45) is 2.89. The molecule has 1 aliphatic rings. The Morgan fingerprint density at radius 1 is 1.42 bits per heavy atom. The lowest BCUT2D eigenvalue weighted by Gasteiger charge is -2.29. The minimum atomic E-state index is -1.01. The molecule has 1 rings (SSSR count). The molecule has 1 fully saturated rings. The third-order valence-electron chi connectivity index (χ3n) is 4.37. The van der Waals surface area contributed by atoms with Gasteiger partial charge in [-0.3, -0.25) is 9.59 Å². The van der Waals surface area contributed by atoms with Gasteiger partial charge >= 0.3 is 5.97 Å². The van der Waals surface area contributed by atoms with E-state index < -0.39 is 11.4 Å². The minimum absolute atomic E-state index is 0.0220. The second-order valence-corrected chi connectivity index (χ2v) is 5.99. The zero-order valence-electron chi connectivity index (χ0n) is 12.2. The van der Waals surface area contributed by atoms with Gasteiger partial charge in [0.05, 0.1) is 11.5 Å². The molecule has 3 unspecified atom stereocenters. The van der Waals surface area contributed by atoms with Crippen LogP contribution in [0.3, 0.4) is 0 Å². The van der Waals surface area contributed by atoms with Crippen LogP contribution in [0, 0.1) is 11.3 Å². The van der Waals surface area contributed by atoms with E-state index in [4.69, 9.17) is 4.74 Å². The number of hydrogen-bond acceptors (Lipinski definition) is 3. The maximum Gasteiger partial charge on any atom is 0.310 e. The number of carboxylic acids is 1. The Bertz CT molecular complexity index is 342. The van der Waals surface area contributed by atoms with Crippen molar-refractivity contribution in [3.05, 3.63) is 0 Å². The zero-order chi connectivity index (χ0) is 14.6. The van der Waals surface area contributed by atoms with Crippen molar-refractivity contribution < 1.29 is 19.4 Å². The maximum absolute atomic E-state index is 12.0. The highest BCUT2D eigenvalue weighted by molar-refractivity contribution is 5.85. The number of rotatable bonds is 6. The Morgan fingerprint density at radius 3 is 2.47 bits per heavy atom. The predicted octanol–water partition coefficient (Wildman–Crippen LogP) is 1.81. The lowest BCUT2D eigenvalue weighted by Crippen LogP contribution is -2.41. The Morgan fingerprint density at radius 2 is 2.05 bits per heavy atom. The Hall–Kier alpha value is -1.10. The maximum atomic E-state index is 12.0. The van der Waals surface area contributed by atoms with Gasteiger partial charge in [0.25, 0.3) is 0 Å². The molecule has 19 heavy (non-hydrogen) atoms. The largest absolute Gasteiger partial charge is 0.481 e. The van der Waals surface area contributed by atoms with E-state index in [1.807, 2.05) is 13.8 Å². The first-order chi connectivity index (χ1) is 8.79. The van der Waals surface area contributed by atoms with Crippen molar-refractivity contribution in [3.8, 4) is 0 Å². The molecule has 0 radical (unpaired) electrons. The third kappa shape index (κ3) is 3.93. The van der Waals surface area contributed by atoms with Crippen molar-refractivity contribution >= 4 is 11.9 Å². The molecule has 5 nitrogen and oxygen atoms in total. The first-order valence-corrected chi connectivity index (χ1v) is 6.85. The van der Waals surface area contributed by atoms with E-state index >= 15 is 0 Å². The van der Waals surface area contributed by atoms with Gasteiger partial charge in [-0.25, -0.2) is 0 Å². The van der Waals surface area contributed by atoms with Gasteiger partial charge in [0.2, 0.25) is 5.91 Å². The average molecular weight is 271 g/mol. The van der Waals surface area contributed by atoms with E-state index in [9.17, 15) is 14.7 Å². The normalized spacial score (nSPS) is 26.2. The lowest BCUT2D eigenvalue weighted by molar-refractivity contribution is -0.153. The molecule has 0 aliphatic heterocycles. The van der Waals surface area contributed by atoms with Crippen LogP contribution in [-0.4, -0.2) is 36.2 Å². The number of nitrogens with one attached hydrogen (secondary N) is 1. The van der Waals surface area contributed by atoms with Crippen LogP contribution in [0.5, 0.6) is 0 Å². The summed E-state index contributed by atoms with van der Waals surface area (Å²) in [6.45, 7) is 5.29. The SMILES string of the molecule is COC1CCC(NC(=O)CC(C)(C(=O)O)C(C)C)C1. The molecule has 0 saturated heterocycles. The van der Waals surface area contributed by atoms with Crippen LogP contribution < -0.4 is 5.32 Å². The number of hydrogen-bond donors (Lipinski definition) is 2. The summed E-state index contributed by atoms with van der Waals surface area (Å²) >= 11 is 0. The highest BCUT2D eigenvalue weighted by Gasteiger charge is 2.39. The Balaban J connectivity index is 2.53. The van der Waals surface area contributed by atoms with Crippen molar-refractivity contribution in [1.82, 2.24) is 5.32 Å². The molecular weight excluding hydrogens is 246 g/mol. The van der Waals surface area contributed by atoms with E-state index in [2.05, 4.69) is 5.32 Å². The van der Waals surface area contributed by atoms with Crippen LogP contribution in [0.2, 0.25) is 0 Å². The van der Waals surface area contributed by atoms with Crippen LogP contribution in [-0.2, 0) is 14.3 Å². The van der Waals surface area contributed by atoms with Crippen molar-refractivity contribution in [1.29, 1.82) is 0 Å². The number of ether oxygens (including phenoxy) is 1. The standard InChI is InChI=1S/C14H25NO4/c1-9(2)14(3,13(17)18)8-12(16)15-10-5-6-11(7-10)19-4/h9-11H,5-8H2,1-4H3,(H,15,16)(H,17,18). The van der Waals surface area contributed by atoms with E-state index in [0.29, 0.717) is 0 Å². The molecule has 2 N–H and O–H groups in total. The molecule has 0 spiro atoms. The summed E-state index contributed by atoms with van der Waals surface area (Å²) in [5, 5.41) is 12.2. The van der Waals surface area contributed by atoms with Gasteiger partial charge in [-0.15, -0.1) is 0 Å². The number of amides is 1. The highest BCUT2D eigenvalue weighted by Crippen LogP contribution is 2.31. The summed E-state index contributed by atoms with van der Waals surface area (Å²) < 4.78 is 5.25. The number of carboxylic acid groups (broad SMARTS) is 1. The Labute approximate surface area is 114 Å². The smallest absolute Gasteiger partial charge is 0.310 e. The van der Waals surface area contributed by atoms with Gasteiger partial charge in [0.15, 0.2) is 0 Å². The molecule has 1 saturated carbocycles. The van der Waals surface area contributed by atoms with Gasteiger partial charge in [0, 0.05) is 19.6 Å². The molecule has 0 bridgehead atoms. The highest BCUT2D eigenvalue weighted by atomic mass is 16.5. The van der Waals surface area contributed by atoms with E-state index in [1.54, 1.807) is 14.0 Å². The van der Waals surface area contributed by atoms with Crippen molar-refractivity contribution in [2.75, 3.05) is 7.11 Å². The van der Waals surface area contributed by atoms with Gasteiger partial charge in [-0.1, -0.05) is 13.8 Å². The third-order valence-corrected chi connectivity index (χ3v) is 4.37. The molecule has 0 aromatic heterocycles. The van der Waals surface area contributed by atoms with Crippen LogP contribution >= 0.6 is 0 Å². The van der Waals surface area contributed by atoms with Gasteiger partial charge in [-0.2, -0.15) is 0 Å². The molecule has 0 aromatic rings.